The van der Waals surface area contributed by atoms with Gasteiger partial charge in [0.1, 0.15) is 12.4 Å². The van der Waals surface area contributed by atoms with Crippen LogP contribution in [-0.2, 0) is 30.9 Å². The van der Waals surface area contributed by atoms with Crippen molar-refractivity contribution in [2.45, 2.75) is 18.4 Å². The summed E-state index contributed by atoms with van der Waals surface area (Å²) in [6, 6.07) is 12.2. The number of halogens is 1. The van der Waals surface area contributed by atoms with Crippen LogP contribution in [0, 0.1) is 6.92 Å². The lowest BCUT2D eigenvalue weighted by molar-refractivity contribution is 0.0981. The van der Waals surface area contributed by atoms with Crippen molar-refractivity contribution in [1.82, 2.24) is 9.71 Å². The van der Waals surface area contributed by atoms with E-state index in [4.69, 9.17) is 20.5 Å². The maximum atomic E-state index is 12.4. The van der Waals surface area contributed by atoms with E-state index in [0.717, 1.165) is 11.8 Å². The number of sulfonamides is 1. The number of pyridine rings is 1. The monoisotopic (exact) mass is 524 g/mol. The van der Waals surface area contributed by atoms with Crippen molar-refractivity contribution in [3.8, 4) is 16.9 Å². The number of benzene rings is 2. The largest absolute Gasteiger partial charge is 0.496 e. The van der Waals surface area contributed by atoms with Gasteiger partial charge in [-0.15, -0.1) is 0 Å². The summed E-state index contributed by atoms with van der Waals surface area (Å²) < 4.78 is 59.7. The molecule has 2 aromatic carbocycles. The fraction of sp³-hybridized carbons (Fsp3) is 0.182. The Hall–Kier alpha value is -2.99. The maximum Gasteiger partial charge on any atom is 0.297 e. The highest BCUT2D eigenvalue weighted by molar-refractivity contribution is 7.89. The van der Waals surface area contributed by atoms with Crippen LogP contribution in [0.5, 0.6) is 5.75 Å². The zero-order valence-corrected chi connectivity index (χ0v) is 20.8. The van der Waals surface area contributed by atoms with Crippen LogP contribution >= 0.6 is 11.6 Å². The topological polar surface area (TPSA) is 129 Å². The summed E-state index contributed by atoms with van der Waals surface area (Å²) >= 11 is 6.32. The van der Waals surface area contributed by atoms with Gasteiger partial charge in [0.2, 0.25) is 10.0 Å². The van der Waals surface area contributed by atoms with Gasteiger partial charge in [-0.25, -0.2) is 13.1 Å². The summed E-state index contributed by atoms with van der Waals surface area (Å²) in [7, 11) is -6.32. The van der Waals surface area contributed by atoms with Crippen molar-refractivity contribution in [2.24, 2.45) is 0 Å². The Morgan fingerprint density at radius 3 is 2.32 bits per heavy atom. The van der Waals surface area contributed by atoms with Gasteiger partial charge in [0, 0.05) is 22.9 Å². The molecule has 0 aliphatic rings. The van der Waals surface area contributed by atoms with E-state index >= 15 is 0 Å². The standard InChI is InChI=1S/C22H21ClN2O7S2/c1-14-4-7-17(8-5-14)34(29,30)32-13-20-19(23)10-16(12-24-20)18-9-6-15(11-21(18)31-2)22(26)25-33(3,27)28/h4-12H,13H2,1-3H3,(H,25,26). The van der Waals surface area contributed by atoms with E-state index < -0.39 is 26.0 Å². The van der Waals surface area contributed by atoms with E-state index in [2.05, 4.69) is 4.98 Å². The number of carbonyl (C=O) groups excluding carboxylic acids is 1. The number of hydrogen-bond donors (Lipinski definition) is 1. The van der Waals surface area contributed by atoms with Crippen molar-refractivity contribution < 1.29 is 30.6 Å². The SMILES string of the molecule is COc1cc(C(=O)NS(C)(=O)=O)ccc1-c1cnc(COS(=O)(=O)c2ccc(C)cc2)c(Cl)c1. The van der Waals surface area contributed by atoms with Crippen LogP contribution in [0.15, 0.2) is 59.6 Å². The smallest absolute Gasteiger partial charge is 0.297 e. The third-order valence-electron chi connectivity index (χ3n) is 4.63. The maximum absolute atomic E-state index is 12.4. The Morgan fingerprint density at radius 2 is 1.74 bits per heavy atom. The van der Waals surface area contributed by atoms with Gasteiger partial charge in [-0.3, -0.25) is 14.0 Å². The predicted octanol–water partition coefficient (Wildman–Crippen LogP) is 3.31. The summed E-state index contributed by atoms with van der Waals surface area (Å²) in [6.07, 6.45) is 2.33. The van der Waals surface area contributed by atoms with E-state index in [0.29, 0.717) is 11.1 Å². The quantitative estimate of drug-likeness (QED) is 0.444. The van der Waals surface area contributed by atoms with Gasteiger partial charge < -0.3 is 4.74 Å². The summed E-state index contributed by atoms with van der Waals surface area (Å²) in [5, 5.41) is 0.164. The van der Waals surface area contributed by atoms with E-state index in [1.807, 2.05) is 11.6 Å². The number of rotatable bonds is 8. The molecule has 1 amide bonds. The molecule has 1 N–H and O–H groups in total. The number of aromatic nitrogens is 1. The van der Waals surface area contributed by atoms with Crippen molar-refractivity contribution in [3.63, 3.8) is 0 Å². The molecule has 0 saturated carbocycles. The third-order valence-corrected chi connectivity index (χ3v) is 6.79. The first-order chi connectivity index (χ1) is 15.9. The minimum atomic E-state index is -3.99. The van der Waals surface area contributed by atoms with Crippen molar-refractivity contribution >= 4 is 37.6 Å². The van der Waals surface area contributed by atoms with Crippen LogP contribution in [-0.4, -0.2) is 41.1 Å². The van der Waals surface area contributed by atoms with E-state index in [1.54, 1.807) is 24.3 Å². The van der Waals surface area contributed by atoms with Crippen LogP contribution in [0.3, 0.4) is 0 Å². The number of ether oxygens (including phenoxy) is 1. The lowest BCUT2D eigenvalue weighted by Gasteiger charge is -2.12. The Morgan fingerprint density at radius 1 is 1.06 bits per heavy atom. The van der Waals surface area contributed by atoms with Gasteiger partial charge in [0.15, 0.2) is 0 Å². The molecule has 1 heterocycles. The number of carbonyl (C=O) groups is 1. The highest BCUT2D eigenvalue weighted by Crippen LogP contribution is 2.33. The van der Waals surface area contributed by atoms with Crippen LogP contribution < -0.4 is 9.46 Å². The van der Waals surface area contributed by atoms with Crippen molar-refractivity contribution in [3.05, 3.63) is 76.6 Å². The fourth-order valence-corrected chi connectivity index (χ4v) is 4.47. The van der Waals surface area contributed by atoms with E-state index in [1.165, 1.54) is 37.6 Å². The minimum Gasteiger partial charge on any atom is -0.496 e. The number of hydrogen-bond acceptors (Lipinski definition) is 8. The molecule has 0 spiro atoms. The van der Waals surface area contributed by atoms with E-state index in [-0.39, 0.29) is 33.5 Å². The molecule has 0 atom stereocenters. The first-order valence-electron chi connectivity index (χ1n) is 9.70. The van der Waals surface area contributed by atoms with Gasteiger partial charge in [-0.05, 0) is 43.3 Å². The average Bonchev–Trinajstić information content (AvgIpc) is 2.77. The molecule has 12 heteroatoms. The Labute approximate surface area is 202 Å². The highest BCUT2D eigenvalue weighted by atomic mass is 35.5. The molecule has 0 saturated heterocycles. The summed E-state index contributed by atoms with van der Waals surface area (Å²) in [5.74, 6) is -0.518. The minimum absolute atomic E-state index is 0.0237. The molecule has 0 radical (unpaired) electrons. The Bertz CT molecular complexity index is 1440. The highest BCUT2D eigenvalue weighted by Gasteiger charge is 2.18. The zero-order valence-electron chi connectivity index (χ0n) is 18.4. The van der Waals surface area contributed by atoms with Gasteiger partial charge in [-0.2, -0.15) is 8.42 Å². The molecule has 0 aliphatic heterocycles. The summed E-state index contributed by atoms with van der Waals surface area (Å²) in [6.45, 7) is 1.48. The molecule has 34 heavy (non-hydrogen) atoms. The Balaban J connectivity index is 1.81. The van der Waals surface area contributed by atoms with Crippen molar-refractivity contribution in [2.75, 3.05) is 13.4 Å². The van der Waals surface area contributed by atoms with E-state index in [9.17, 15) is 21.6 Å². The molecule has 0 aliphatic carbocycles. The summed E-state index contributed by atoms with van der Waals surface area (Å²) in [5.41, 5.74) is 2.27. The molecule has 1 aromatic heterocycles. The number of aryl methyl sites for hydroxylation is 1. The second-order valence-corrected chi connectivity index (χ2v) is 11.1. The zero-order chi connectivity index (χ0) is 25.1. The van der Waals surface area contributed by atoms with Crippen LogP contribution in [0.4, 0.5) is 0 Å². The molecule has 0 fully saturated rings. The van der Waals surface area contributed by atoms with Gasteiger partial charge in [-0.1, -0.05) is 29.3 Å². The van der Waals surface area contributed by atoms with Crippen molar-refractivity contribution in [1.29, 1.82) is 0 Å². The molecular formula is C22H21ClN2O7S2. The third kappa shape index (κ3) is 6.32. The Kier molecular flexibility index (Phi) is 7.61. The van der Waals surface area contributed by atoms with Crippen LogP contribution in [0.2, 0.25) is 5.02 Å². The first kappa shape index (κ1) is 25.6. The van der Waals surface area contributed by atoms with Crippen LogP contribution in [0.25, 0.3) is 11.1 Å². The van der Waals surface area contributed by atoms with Crippen LogP contribution in [0.1, 0.15) is 21.6 Å². The summed E-state index contributed by atoms with van der Waals surface area (Å²) in [4.78, 5) is 16.3. The molecule has 3 aromatic rings. The number of amides is 1. The fourth-order valence-electron chi connectivity index (χ4n) is 2.92. The molecule has 3 rings (SSSR count). The lowest BCUT2D eigenvalue weighted by Crippen LogP contribution is -2.29. The number of nitrogens with zero attached hydrogens (tertiary/aromatic N) is 1. The number of nitrogens with one attached hydrogen (secondary N) is 1. The number of methoxy groups -OCH3 is 1. The molecular weight excluding hydrogens is 504 g/mol. The van der Waals surface area contributed by atoms with Gasteiger partial charge in [0.25, 0.3) is 16.0 Å². The average molecular weight is 525 g/mol. The second kappa shape index (κ2) is 10.1. The predicted molar refractivity (Wildman–Crippen MR) is 127 cm³/mol. The first-order valence-corrected chi connectivity index (χ1v) is 13.4. The lowest BCUT2D eigenvalue weighted by atomic mass is 10.0. The second-order valence-electron chi connectivity index (χ2n) is 7.30. The molecule has 0 bridgehead atoms. The molecule has 180 valence electrons. The van der Waals surface area contributed by atoms with Gasteiger partial charge >= 0.3 is 0 Å². The normalized spacial score (nSPS) is 11.8. The molecule has 9 nitrogen and oxygen atoms in total. The molecule has 0 unspecified atom stereocenters. The van der Waals surface area contributed by atoms with Gasteiger partial charge in [0.05, 0.1) is 29.0 Å².